The van der Waals surface area contributed by atoms with Crippen LogP contribution in [0.4, 0.5) is 4.39 Å². The second-order valence-corrected chi connectivity index (χ2v) is 9.66. The van der Waals surface area contributed by atoms with Gasteiger partial charge in [-0.3, -0.25) is 4.79 Å². The van der Waals surface area contributed by atoms with E-state index in [0.29, 0.717) is 32.4 Å². The van der Waals surface area contributed by atoms with Crippen molar-refractivity contribution in [1.29, 1.82) is 0 Å². The molecule has 0 bridgehead atoms. The Morgan fingerprint density at radius 1 is 1.11 bits per heavy atom. The second-order valence-electron chi connectivity index (χ2n) is 7.72. The fourth-order valence-corrected chi connectivity index (χ4v) is 5.88. The molecule has 8 heteroatoms. The smallest absolute Gasteiger partial charge is 0.251 e. The number of sulfonamides is 1. The standard InChI is InChI=1S/C19H25FN2O4S/c20-15-4-3-5-16(14-15)27(24,25)22-12-8-19(9-13-22)7-6-17(26-19)18(23)21-10-1-2-11-21/h3-5,14,17H,1-2,6-13H2/t17-/m0/s1. The lowest BCUT2D eigenvalue weighted by molar-refractivity contribution is -0.149. The minimum absolute atomic E-state index is 0.0205. The molecule has 0 N–H and O–H groups in total. The van der Waals surface area contributed by atoms with Gasteiger partial charge in [0.15, 0.2) is 0 Å². The highest BCUT2D eigenvalue weighted by Crippen LogP contribution is 2.40. The first-order valence-electron chi connectivity index (χ1n) is 9.62. The summed E-state index contributed by atoms with van der Waals surface area (Å²) < 4.78 is 46.5. The van der Waals surface area contributed by atoms with Crippen molar-refractivity contribution in [3.8, 4) is 0 Å². The largest absolute Gasteiger partial charge is 0.362 e. The van der Waals surface area contributed by atoms with Crippen LogP contribution >= 0.6 is 0 Å². The third kappa shape index (κ3) is 3.62. The van der Waals surface area contributed by atoms with Gasteiger partial charge in [-0.05, 0) is 56.7 Å². The van der Waals surface area contributed by atoms with Gasteiger partial charge in [-0.15, -0.1) is 0 Å². The van der Waals surface area contributed by atoms with E-state index >= 15 is 0 Å². The average molecular weight is 396 g/mol. The maximum absolute atomic E-state index is 13.4. The molecule has 1 atom stereocenters. The van der Waals surface area contributed by atoms with Crippen molar-refractivity contribution in [1.82, 2.24) is 9.21 Å². The molecule has 1 spiro atoms. The van der Waals surface area contributed by atoms with Crippen molar-refractivity contribution in [3.63, 3.8) is 0 Å². The van der Waals surface area contributed by atoms with Crippen LogP contribution in [0.1, 0.15) is 38.5 Å². The molecule has 3 aliphatic heterocycles. The van der Waals surface area contributed by atoms with E-state index < -0.39 is 27.5 Å². The summed E-state index contributed by atoms with van der Waals surface area (Å²) >= 11 is 0. The third-order valence-electron chi connectivity index (χ3n) is 6.02. The molecule has 0 aromatic heterocycles. The highest BCUT2D eigenvalue weighted by molar-refractivity contribution is 7.89. The van der Waals surface area contributed by atoms with Crippen molar-refractivity contribution in [3.05, 3.63) is 30.1 Å². The zero-order chi connectivity index (χ0) is 19.1. The summed E-state index contributed by atoms with van der Waals surface area (Å²) in [4.78, 5) is 14.4. The van der Waals surface area contributed by atoms with E-state index in [1.165, 1.54) is 22.5 Å². The maximum Gasteiger partial charge on any atom is 0.251 e. The van der Waals surface area contributed by atoms with Crippen LogP contribution < -0.4 is 0 Å². The van der Waals surface area contributed by atoms with Crippen molar-refractivity contribution >= 4 is 15.9 Å². The number of amides is 1. The number of carbonyl (C=O) groups excluding carboxylic acids is 1. The first-order chi connectivity index (χ1) is 12.9. The summed E-state index contributed by atoms with van der Waals surface area (Å²) in [5.41, 5.74) is -0.409. The summed E-state index contributed by atoms with van der Waals surface area (Å²) in [6.07, 6.45) is 4.32. The highest BCUT2D eigenvalue weighted by Gasteiger charge is 2.47. The number of piperidine rings is 1. The van der Waals surface area contributed by atoms with E-state index in [1.54, 1.807) is 0 Å². The Balaban J connectivity index is 1.39. The molecule has 148 valence electrons. The lowest BCUT2D eigenvalue weighted by Gasteiger charge is -2.38. The maximum atomic E-state index is 13.4. The molecule has 3 heterocycles. The second kappa shape index (κ2) is 7.14. The summed E-state index contributed by atoms with van der Waals surface area (Å²) in [6.45, 7) is 2.27. The topological polar surface area (TPSA) is 66.9 Å². The van der Waals surface area contributed by atoms with E-state index in [4.69, 9.17) is 4.74 Å². The van der Waals surface area contributed by atoms with Gasteiger partial charge in [0.05, 0.1) is 10.5 Å². The summed E-state index contributed by atoms with van der Waals surface area (Å²) in [5.74, 6) is -0.480. The summed E-state index contributed by atoms with van der Waals surface area (Å²) in [6, 6.07) is 5.10. The molecule has 27 heavy (non-hydrogen) atoms. The number of benzene rings is 1. The number of likely N-dealkylation sites (tertiary alicyclic amines) is 1. The van der Waals surface area contributed by atoms with Crippen LogP contribution in [0.3, 0.4) is 0 Å². The van der Waals surface area contributed by atoms with Crippen LogP contribution in [-0.4, -0.2) is 61.4 Å². The Hall–Kier alpha value is -1.51. The number of ether oxygens (including phenoxy) is 1. The van der Waals surface area contributed by atoms with E-state index in [1.807, 2.05) is 4.90 Å². The molecule has 3 aliphatic rings. The molecular formula is C19H25FN2O4S. The zero-order valence-electron chi connectivity index (χ0n) is 15.3. The van der Waals surface area contributed by atoms with Gasteiger partial charge in [0.2, 0.25) is 10.0 Å². The molecule has 1 aromatic carbocycles. The molecule has 1 amide bonds. The number of halogens is 1. The molecule has 3 saturated heterocycles. The number of hydrogen-bond donors (Lipinski definition) is 0. The van der Waals surface area contributed by atoms with Crippen LogP contribution in [0.15, 0.2) is 29.2 Å². The Bertz CT molecular complexity index is 815. The van der Waals surface area contributed by atoms with Crippen molar-refractivity contribution < 1.29 is 22.3 Å². The van der Waals surface area contributed by atoms with E-state index in [2.05, 4.69) is 0 Å². The van der Waals surface area contributed by atoms with E-state index in [-0.39, 0.29) is 10.8 Å². The van der Waals surface area contributed by atoms with Crippen LogP contribution in [0.5, 0.6) is 0 Å². The number of rotatable bonds is 3. The Kier molecular flexibility index (Phi) is 4.98. The fourth-order valence-electron chi connectivity index (χ4n) is 4.41. The monoisotopic (exact) mass is 396 g/mol. The SMILES string of the molecule is O=C([C@@H]1CCC2(CCN(S(=O)(=O)c3cccc(F)c3)CC2)O1)N1CCCC1. The van der Waals surface area contributed by atoms with Gasteiger partial charge in [0.25, 0.3) is 5.91 Å². The fraction of sp³-hybridized carbons (Fsp3) is 0.632. The quantitative estimate of drug-likeness (QED) is 0.785. The molecule has 4 rings (SSSR count). The van der Waals surface area contributed by atoms with Gasteiger partial charge >= 0.3 is 0 Å². The first-order valence-corrected chi connectivity index (χ1v) is 11.1. The van der Waals surface area contributed by atoms with Gasteiger partial charge in [0, 0.05) is 26.2 Å². The van der Waals surface area contributed by atoms with Gasteiger partial charge in [0.1, 0.15) is 11.9 Å². The van der Waals surface area contributed by atoms with Crippen LogP contribution in [0.25, 0.3) is 0 Å². The van der Waals surface area contributed by atoms with Crippen LogP contribution in [-0.2, 0) is 19.6 Å². The molecule has 6 nitrogen and oxygen atoms in total. The molecule has 0 saturated carbocycles. The van der Waals surface area contributed by atoms with Crippen molar-refractivity contribution in [2.24, 2.45) is 0 Å². The van der Waals surface area contributed by atoms with Gasteiger partial charge < -0.3 is 9.64 Å². The van der Waals surface area contributed by atoms with Crippen LogP contribution in [0.2, 0.25) is 0 Å². The molecule has 0 radical (unpaired) electrons. The Labute approximate surface area is 159 Å². The van der Waals surface area contributed by atoms with Gasteiger partial charge in [-0.1, -0.05) is 6.07 Å². The predicted octanol–water partition coefficient (Wildman–Crippen LogP) is 2.15. The number of hydrogen-bond acceptors (Lipinski definition) is 4. The minimum Gasteiger partial charge on any atom is -0.362 e. The molecule has 3 fully saturated rings. The lowest BCUT2D eigenvalue weighted by atomic mass is 9.89. The lowest BCUT2D eigenvalue weighted by Crippen LogP contribution is -2.47. The molecule has 0 unspecified atom stereocenters. The van der Waals surface area contributed by atoms with Gasteiger partial charge in [-0.2, -0.15) is 4.31 Å². The molecular weight excluding hydrogens is 371 g/mol. The zero-order valence-corrected chi connectivity index (χ0v) is 16.1. The Morgan fingerprint density at radius 2 is 1.81 bits per heavy atom. The highest BCUT2D eigenvalue weighted by atomic mass is 32.2. The van der Waals surface area contributed by atoms with E-state index in [9.17, 15) is 17.6 Å². The first kappa shape index (κ1) is 18.8. The minimum atomic E-state index is -3.71. The summed E-state index contributed by atoms with van der Waals surface area (Å²) in [7, 11) is -3.71. The summed E-state index contributed by atoms with van der Waals surface area (Å²) in [5, 5.41) is 0. The van der Waals surface area contributed by atoms with Crippen LogP contribution in [0, 0.1) is 5.82 Å². The van der Waals surface area contributed by atoms with Crippen molar-refractivity contribution in [2.75, 3.05) is 26.2 Å². The predicted molar refractivity (Wildman–Crippen MR) is 97.0 cm³/mol. The van der Waals surface area contributed by atoms with E-state index in [0.717, 1.165) is 38.4 Å². The molecule has 0 aliphatic carbocycles. The number of nitrogens with zero attached hydrogens (tertiary/aromatic N) is 2. The normalized spacial score (nSPS) is 26.0. The van der Waals surface area contributed by atoms with Gasteiger partial charge in [-0.25, -0.2) is 12.8 Å². The third-order valence-corrected chi connectivity index (χ3v) is 7.91. The molecule has 1 aromatic rings. The van der Waals surface area contributed by atoms with Crippen molar-refractivity contribution in [2.45, 2.75) is 55.1 Å². The Morgan fingerprint density at radius 3 is 2.48 bits per heavy atom. The average Bonchev–Trinajstić information content (AvgIpc) is 3.32. The number of carbonyl (C=O) groups is 1.